The van der Waals surface area contributed by atoms with Crippen LogP contribution < -0.4 is 0 Å². The summed E-state index contributed by atoms with van der Waals surface area (Å²) in [6.45, 7) is 16.3. The van der Waals surface area contributed by atoms with Crippen LogP contribution in [0.4, 0.5) is 0 Å². The van der Waals surface area contributed by atoms with Crippen LogP contribution in [0.5, 0.6) is 0 Å². The maximum atomic E-state index is 11.5. The Labute approximate surface area is 204 Å². The number of carbonyl (C=O) groups is 1. The standard InChI is InChI=1S/C31H50O2/c1-8-23(20(2)3)10-9-21(4)27-13-14-28-26-12-11-24-19-25(33-22(5)32)15-17-30(24,6)29(26)16-18-31(27,28)7/h9-10,12,20-21,23-25,27-29H,8,11,13-19H2,1-7H3/t21-,23-,24+,25+,27-,28+,29+,30+,31-/m1/s1. The topological polar surface area (TPSA) is 26.3 Å². The molecule has 0 aromatic heterocycles. The van der Waals surface area contributed by atoms with Gasteiger partial charge in [-0.1, -0.05) is 65.3 Å². The second-order valence-corrected chi connectivity index (χ2v) is 13.0. The molecule has 33 heavy (non-hydrogen) atoms. The summed E-state index contributed by atoms with van der Waals surface area (Å²) in [5.74, 6) is 5.05. The van der Waals surface area contributed by atoms with Gasteiger partial charge in [0.05, 0.1) is 0 Å². The summed E-state index contributed by atoms with van der Waals surface area (Å²) in [5.41, 5.74) is 2.70. The molecular weight excluding hydrogens is 404 g/mol. The van der Waals surface area contributed by atoms with Gasteiger partial charge in [-0.05, 0) is 110 Å². The minimum absolute atomic E-state index is 0.108. The van der Waals surface area contributed by atoms with Crippen molar-refractivity contribution in [2.45, 2.75) is 112 Å². The first kappa shape index (κ1) is 25.1. The molecule has 0 saturated heterocycles. The third kappa shape index (κ3) is 4.50. The van der Waals surface area contributed by atoms with Crippen LogP contribution in [-0.2, 0) is 9.53 Å². The van der Waals surface area contributed by atoms with Gasteiger partial charge in [-0.25, -0.2) is 0 Å². The van der Waals surface area contributed by atoms with Crippen LogP contribution in [0.15, 0.2) is 23.8 Å². The van der Waals surface area contributed by atoms with Gasteiger partial charge in [0.25, 0.3) is 0 Å². The van der Waals surface area contributed by atoms with Gasteiger partial charge in [0.15, 0.2) is 0 Å². The molecule has 2 heteroatoms. The SMILES string of the molecule is CC[C@H](C=C[C@@H](C)[C@H]1CC[C@H]2C3=CC[C@H]4C[C@@H](OC(C)=O)CC[C@]4(C)[C@H]3CC[C@]12C)C(C)C. The quantitative estimate of drug-likeness (QED) is 0.297. The summed E-state index contributed by atoms with van der Waals surface area (Å²) in [6, 6.07) is 0. The number of rotatable bonds is 6. The third-order valence-corrected chi connectivity index (χ3v) is 11.1. The number of allylic oxidation sites excluding steroid dienone is 4. The van der Waals surface area contributed by atoms with Crippen molar-refractivity contribution in [2.75, 3.05) is 0 Å². The molecule has 0 heterocycles. The molecule has 3 fully saturated rings. The van der Waals surface area contributed by atoms with Crippen LogP contribution in [-0.4, -0.2) is 12.1 Å². The highest BCUT2D eigenvalue weighted by Crippen LogP contribution is 2.66. The number of ether oxygens (including phenoxy) is 1. The van der Waals surface area contributed by atoms with Crippen molar-refractivity contribution in [1.29, 1.82) is 0 Å². The van der Waals surface area contributed by atoms with Crippen LogP contribution in [0.2, 0.25) is 0 Å². The predicted octanol–water partition coefficient (Wildman–Crippen LogP) is 8.37. The first-order chi connectivity index (χ1) is 15.6. The van der Waals surface area contributed by atoms with Crippen LogP contribution in [0, 0.1) is 52.3 Å². The zero-order valence-electron chi connectivity index (χ0n) is 22.5. The van der Waals surface area contributed by atoms with E-state index in [1.54, 1.807) is 6.92 Å². The Kier molecular flexibility index (Phi) is 7.24. The van der Waals surface area contributed by atoms with Crippen LogP contribution in [0.1, 0.15) is 106 Å². The van der Waals surface area contributed by atoms with Crippen LogP contribution >= 0.6 is 0 Å². The summed E-state index contributed by atoms with van der Waals surface area (Å²) < 4.78 is 5.64. The lowest BCUT2D eigenvalue weighted by Crippen LogP contribution is -2.50. The molecule has 0 N–H and O–H groups in total. The summed E-state index contributed by atoms with van der Waals surface area (Å²) in [4.78, 5) is 11.5. The molecule has 0 amide bonds. The average Bonchev–Trinajstić information content (AvgIpc) is 3.11. The highest BCUT2D eigenvalue weighted by molar-refractivity contribution is 5.66. The third-order valence-electron chi connectivity index (χ3n) is 11.1. The lowest BCUT2D eigenvalue weighted by Gasteiger charge is -2.58. The second-order valence-electron chi connectivity index (χ2n) is 13.0. The van der Waals surface area contributed by atoms with E-state index in [-0.39, 0.29) is 12.1 Å². The van der Waals surface area contributed by atoms with E-state index in [9.17, 15) is 4.79 Å². The van der Waals surface area contributed by atoms with E-state index in [1.165, 1.54) is 44.9 Å². The van der Waals surface area contributed by atoms with Crippen molar-refractivity contribution >= 4 is 5.97 Å². The first-order valence-electron chi connectivity index (χ1n) is 14.2. The maximum absolute atomic E-state index is 11.5. The van der Waals surface area contributed by atoms with E-state index >= 15 is 0 Å². The lowest BCUT2D eigenvalue weighted by molar-refractivity contribution is -0.152. The van der Waals surface area contributed by atoms with Gasteiger partial charge < -0.3 is 4.74 Å². The molecule has 0 spiro atoms. The Morgan fingerprint density at radius 3 is 2.42 bits per heavy atom. The van der Waals surface area contributed by atoms with E-state index in [0.717, 1.165) is 36.5 Å². The van der Waals surface area contributed by atoms with Crippen LogP contribution in [0.25, 0.3) is 0 Å². The van der Waals surface area contributed by atoms with Gasteiger partial charge in [0.2, 0.25) is 0 Å². The smallest absolute Gasteiger partial charge is 0.302 e. The molecule has 3 saturated carbocycles. The molecule has 9 atom stereocenters. The summed E-state index contributed by atoms with van der Waals surface area (Å²) in [6.07, 6.45) is 19.3. The van der Waals surface area contributed by atoms with E-state index in [1.807, 2.05) is 5.57 Å². The van der Waals surface area contributed by atoms with E-state index in [4.69, 9.17) is 4.74 Å². The summed E-state index contributed by atoms with van der Waals surface area (Å²) in [5, 5.41) is 0. The molecule has 0 unspecified atom stereocenters. The van der Waals surface area contributed by atoms with Crippen molar-refractivity contribution < 1.29 is 9.53 Å². The van der Waals surface area contributed by atoms with Gasteiger partial charge in [-0.2, -0.15) is 0 Å². The molecule has 0 aromatic carbocycles. The number of hydrogen-bond acceptors (Lipinski definition) is 2. The van der Waals surface area contributed by atoms with E-state index < -0.39 is 0 Å². The molecule has 0 aromatic rings. The molecule has 4 aliphatic rings. The molecule has 0 aliphatic heterocycles. The van der Waals surface area contributed by atoms with Gasteiger partial charge >= 0.3 is 5.97 Å². The highest BCUT2D eigenvalue weighted by atomic mass is 16.5. The molecular formula is C31H50O2. The van der Waals surface area contributed by atoms with Gasteiger partial charge in [-0.15, -0.1) is 0 Å². The lowest BCUT2D eigenvalue weighted by atomic mass is 9.47. The predicted molar refractivity (Wildman–Crippen MR) is 138 cm³/mol. The number of esters is 1. The fourth-order valence-corrected chi connectivity index (χ4v) is 9.00. The maximum Gasteiger partial charge on any atom is 0.302 e. The Hall–Kier alpha value is -1.05. The first-order valence-corrected chi connectivity index (χ1v) is 14.2. The molecule has 2 nitrogen and oxygen atoms in total. The molecule has 0 radical (unpaired) electrons. The normalized spacial score (nSPS) is 42.3. The van der Waals surface area contributed by atoms with E-state index in [2.05, 4.69) is 59.8 Å². The molecule has 4 aliphatic carbocycles. The van der Waals surface area contributed by atoms with Crippen molar-refractivity contribution in [3.8, 4) is 0 Å². The van der Waals surface area contributed by atoms with Crippen molar-refractivity contribution in [3.05, 3.63) is 23.8 Å². The van der Waals surface area contributed by atoms with Gasteiger partial charge in [0, 0.05) is 6.92 Å². The number of carbonyl (C=O) groups excluding carboxylic acids is 1. The minimum Gasteiger partial charge on any atom is -0.463 e. The van der Waals surface area contributed by atoms with E-state index in [0.29, 0.717) is 28.6 Å². The van der Waals surface area contributed by atoms with Crippen LogP contribution in [0.3, 0.4) is 0 Å². The number of hydrogen-bond donors (Lipinski definition) is 0. The molecule has 0 bridgehead atoms. The Morgan fingerprint density at radius 2 is 1.76 bits per heavy atom. The summed E-state index contributed by atoms with van der Waals surface area (Å²) >= 11 is 0. The fourth-order valence-electron chi connectivity index (χ4n) is 9.00. The van der Waals surface area contributed by atoms with Crippen molar-refractivity contribution in [1.82, 2.24) is 0 Å². The highest BCUT2D eigenvalue weighted by Gasteiger charge is 2.58. The largest absolute Gasteiger partial charge is 0.463 e. The Balaban J connectivity index is 1.50. The monoisotopic (exact) mass is 454 g/mol. The number of fused-ring (bicyclic) bond motifs is 5. The molecule has 4 rings (SSSR count). The summed E-state index contributed by atoms with van der Waals surface area (Å²) in [7, 11) is 0. The zero-order valence-corrected chi connectivity index (χ0v) is 22.5. The molecule has 186 valence electrons. The average molecular weight is 455 g/mol. The fraction of sp³-hybridized carbons (Fsp3) is 0.839. The zero-order chi connectivity index (χ0) is 24.0. The van der Waals surface area contributed by atoms with Gasteiger partial charge in [-0.3, -0.25) is 4.79 Å². The van der Waals surface area contributed by atoms with Gasteiger partial charge in [0.1, 0.15) is 6.10 Å². The minimum atomic E-state index is -0.108. The Morgan fingerprint density at radius 1 is 1.06 bits per heavy atom. The van der Waals surface area contributed by atoms with Crippen molar-refractivity contribution in [3.63, 3.8) is 0 Å². The van der Waals surface area contributed by atoms with Crippen molar-refractivity contribution in [2.24, 2.45) is 52.3 Å². The second kappa shape index (κ2) is 9.54. The Bertz CT molecular complexity index is 778.